The number of benzene rings is 2. The molecule has 0 saturated carbocycles. The maximum Gasteiger partial charge on any atom is 0.237 e. The lowest BCUT2D eigenvalue weighted by molar-refractivity contribution is -0.115. The minimum absolute atomic E-state index is 0.163. The van der Waals surface area contributed by atoms with Crippen LogP contribution in [0, 0.1) is 11.6 Å². The predicted octanol–water partition coefficient (Wildman–Crippen LogP) is 4.53. The van der Waals surface area contributed by atoms with Crippen LogP contribution in [0.1, 0.15) is 6.92 Å². The number of anilines is 1. The smallest absolute Gasteiger partial charge is 0.237 e. The van der Waals surface area contributed by atoms with Crippen molar-refractivity contribution in [2.75, 3.05) is 12.4 Å². The molecule has 0 spiro atoms. The molecule has 3 aromatic rings. The number of halogens is 3. The number of rotatable bonds is 6. The number of aromatic nitrogens is 3. The van der Waals surface area contributed by atoms with Gasteiger partial charge >= 0.3 is 0 Å². The van der Waals surface area contributed by atoms with Crippen molar-refractivity contribution in [3.8, 4) is 17.1 Å². The molecule has 28 heavy (non-hydrogen) atoms. The third-order valence-corrected chi connectivity index (χ3v) is 4.92. The lowest BCUT2D eigenvalue weighted by Crippen LogP contribution is -2.22. The molecule has 1 atom stereocenters. The van der Waals surface area contributed by atoms with Gasteiger partial charge in [0.1, 0.15) is 5.75 Å². The predicted molar refractivity (Wildman–Crippen MR) is 104 cm³/mol. The fraction of sp³-hybridized carbons (Fsp3) is 0.167. The van der Waals surface area contributed by atoms with Crippen molar-refractivity contribution in [1.29, 1.82) is 0 Å². The van der Waals surface area contributed by atoms with Crippen molar-refractivity contribution >= 4 is 35.0 Å². The van der Waals surface area contributed by atoms with Crippen molar-refractivity contribution < 1.29 is 18.3 Å². The van der Waals surface area contributed by atoms with E-state index in [1.807, 2.05) is 0 Å². The van der Waals surface area contributed by atoms with Gasteiger partial charge in [0, 0.05) is 16.8 Å². The molecule has 0 aliphatic heterocycles. The van der Waals surface area contributed by atoms with Crippen molar-refractivity contribution in [3.05, 3.63) is 53.1 Å². The normalized spacial score (nSPS) is 11.9. The lowest BCUT2D eigenvalue weighted by Gasteiger charge is -2.10. The summed E-state index contributed by atoms with van der Waals surface area (Å²) < 4.78 is 31.5. The van der Waals surface area contributed by atoms with Gasteiger partial charge in [-0.05, 0) is 37.3 Å². The Bertz CT molecular complexity index is 1020. The second kappa shape index (κ2) is 8.57. The summed E-state index contributed by atoms with van der Waals surface area (Å²) in [6.07, 6.45) is 0. The summed E-state index contributed by atoms with van der Waals surface area (Å²) in [7, 11) is 1.53. The van der Waals surface area contributed by atoms with Crippen molar-refractivity contribution in [1.82, 2.24) is 15.2 Å². The number of hydrogen-bond donors (Lipinski definition) is 2. The number of hydrogen-bond acceptors (Lipinski definition) is 5. The summed E-state index contributed by atoms with van der Waals surface area (Å²) in [6.45, 7) is 1.65. The molecule has 0 fully saturated rings. The number of thioether (sulfide) groups is 1. The lowest BCUT2D eigenvalue weighted by atomic mass is 10.2. The van der Waals surface area contributed by atoms with Gasteiger partial charge in [0.15, 0.2) is 17.5 Å². The van der Waals surface area contributed by atoms with Gasteiger partial charge in [-0.25, -0.2) is 13.8 Å². The van der Waals surface area contributed by atoms with Crippen molar-refractivity contribution in [3.63, 3.8) is 0 Å². The van der Waals surface area contributed by atoms with Gasteiger partial charge in [-0.3, -0.25) is 9.89 Å². The average Bonchev–Trinajstić information content (AvgIpc) is 3.13. The molecule has 3 rings (SSSR count). The van der Waals surface area contributed by atoms with Crippen LogP contribution in [-0.2, 0) is 4.79 Å². The molecule has 1 amide bonds. The van der Waals surface area contributed by atoms with Crippen LogP contribution in [-0.4, -0.2) is 33.4 Å². The largest absolute Gasteiger partial charge is 0.496 e. The molecule has 0 radical (unpaired) electrons. The molecular formula is C18H15ClF2N4O2S. The standard InChI is InChI=1S/C18H15ClF2N4O2S/c1-9(17(26)22-11-4-5-13(20)14(21)8-11)28-18-23-16(24-25-18)12-7-10(19)3-6-15(12)27-2/h3-9H,1-2H3,(H,22,26)(H,23,24,25). The van der Waals surface area contributed by atoms with Crippen LogP contribution in [0.5, 0.6) is 5.75 Å². The number of nitrogens with zero attached hydrogens (tertiary/aromatic N) is 2. The molecule has 1 heterocycles. The highest BCUT2D eigenvalue weighted by molar-refractivity contribution is 8.00. The molecule has 0 aliphatic rings. The first-order valence-electron chi connectivity index (χ1n) is 8.06. The zero-order valence-corrected chi connectivity index (χ0v) is 16.4. The molecule has 2 N–H and O–H groups in total. The van der Waals surface area contributed by atoms with E-state index in [0.29, 0.717) is 27.3 Å². The first-order chi connectivity index (χ1) is 13.4. The Labute approximate surface area is 168 Å². The Morgan fingerprint density at radius 2 is 2.04 bits per heavy atom. The third-order valence-electron chi connectivity index (χ3n) is 3.72. The molecule has 10 heteroatoms. The van der Waals surface area contributed by atoms with E-state index in [4.69, 9.17) is 16.3 Å². The molecule has 0 bridgehead atoms. The van der Waals surface area contributed by atoms with Gasteiger partial charge in [-0.1, -0.05) is 23.4 Å². The summed E-state index contributed by atoms with van der Waals surface area (Å²) in [5.74, 6) is -1.41. The van der Waals surface area contributed by atoms with Crippen LogP contribution in [0.2, 0.25) is 5.02 Å². The van der Waals surface area contributed by atoms with Crippen LogP contribution >= 0.6 is 23.4 Å². The summed E-state index contributed by atoms with van der Waals surface area (Å²) in [5, 5.41) is 9.67. The van der Waals surface area contributed by atoms with Crippen molar-refractivity contribution in [2.24, 2.45) is 0 Å². The Balaban J connectivity index is 1.70. The number of H-pyrrole nitrogens is 1. The molecule has 0 saturated heterocycles. The second-order valence-electron chi connectivity index (χ2n) is 5.69. The summed E-state index contributed by atoms with van der Waals surface area (Å²) >= 11 is 7.13. The van der Waals surface area contributed by atoms with E-state index < -0.39 is 22.8 Å². The quantitative estimate of drug-likeness (QED) is 0.568. The van der Waals surface area contributed by atoms with E-state index in [1.54, 1.807) is 25.1 Å². The number of nitrogens with one attached hydrogen (secondary N) is 2. The van der Waals surface area contributed by atoms with Gasteiger partial charge in [0.25, 0.3) is 0 Å². The molecule has 146 valence electrons. The van der Waals surface area contributed by atoms with Crippen LogP contribution in [0.4, 0.5) is 14.5 Å². The molecule has 0 aliphatic carbocycles. The number of methoxy groups -OCH3 is 1. The van der Waals surface area contributed by atoms with Gasteiger partial charge in [-0.2, -0.15) is 0 Å². The van der Waals surface area contributed by atoms with Gasteiger partial charge < -0.3 is 10.1 Å². The topological polar surface area (TPSA) is 79.9 Å². The molecule has 1 aromatic heterocycles. The van der Waals surface area contributed by atoms with E-state index in [2.05, 4.69) is 20.5 Å². The highest BCUT2D eigenvalue weighted by Gasteiger charge is 2.19. The molecule has 2 aromatic carbocycles. The van der Waals surface area contributed by atoms with Crippen LogP contribution < -0.4 is 10.1 Å². The third kappa shape index (κ3) is 4.60. The van der Waals surface area contributed by atoms with E-state index >= 15 is 0 Å². The van der Waals surface area contributed by atoms with Crippen molar-refractivity contribution in [2.45, 2.75) is 17.3 Å². The highest BCUT2D eigenvalue weighted by Crippen LogP contribution is 2.31. The van der Waals surface area contributed by atoms with E-state index in [-0.39, 0.29) is 5.69 Å². The maximum absolute atomic E-state index is 13.3. The van der Waals surface area contributed by atoms with Crippen LogP contribution in [0.25, 0.3) is 11.4 Å². The Morgan fingerprint density at radius 1 is 1.25 bits per heavy atom. The zero-order chi connectivity index (χ0) is 20.3. The van der Waals surface area contributed by atoms with E-state index in [9.17, 15) is 13.6 Å². The minimum atomic E-state index is -1.04. The van der Waals surface area contributed by atoms with Crippen LogP contribution in [0.15, 0.2) is 41.6 Å². The number of ether oxygens (including phenoxy) is 1. The number of carbonyl (C=O) groups excluding carboxylic acids is 1. The van der Waals surface area contributed by atoms with Gasteiger partial charge in [0.05, 0.1) is 17.9 Å². The first kappa shape index (κ1) is 20.1. The Morgan fingerprint density at radius 3 is 2.75 bits per heavy atom. The summed E-state index contributed by atoms with van der Waals surface area (Å²) in [5.41, 5.74) is 0.795. The minimum Gasteiger partial charge on any atom is -0.496 e. The SMILES string of the molecule is COc1ccc(Cl)cc1-c1nc(SC(C)C(=O)Nc2ccc(F)c(F)c2)n[nH]1. The average molecular weight is 425 g/mol. The summed E-state index contributed by atoms with van der Waals surface area (Å²) in [4.78, 5) is 16.6. The fourth-order valence-electron chi connectivity index (χ4n) is 2.31. The Kier molecular flexibility index (Phi) is 6.15. The fourth-order valence-corrected chi connectivity index (χ4v) is 3.21. The monoisotopic (exact) mass is 424 g/mol. The Hall–Kier alpha value is -2.65. The summed E-state index contributed by atoms with van der Waals surface area (Å²) in [6, 6.07) is 8.24. The van der Waals surface area contributed by atoms with Gasteiger partial charge in [-0.15, -0.1) is 5.10 Å². The van der Waals surface area contributed by atoms with E-state index in [1.165, 1.54) is 13.2 Å². The molecule has 6 nitrogen and oxygen atoms in total. The molecular weight excluding hydrogens is 410 g/mol. The number of aromatic amines is 1. The second-order valence-corrected chi connectivity index (χ2v) is 7.43. The number of amides is 1. The number of carbonyl (C=O) groups is 1. The first-order valence-corrected chi connectivity index (χ1v) is 9.32. The zero-order valence-electron chi connectivity index (χ0n) is 14.8. The highest BCUT2D eigenvalue weighted by atomic mass is 35.5. The molecule has 1 unspecified atom stereocenters. The van der Waals surface area contributed by atoms with Crippen LogP contribution in [0.3, 0.4) is 0 Å². The maximum atomic E-state index is 13.3. The van der Waals surface area contributed by atoms with E-state index in [0.717, 1.165) is 23.9 Å². The van der Waals surface area contributed by atoms with Gasteiger partial charge in [0.2, 0.25) is 11.1 Å².